The van der Waals surface area contributed by atoms with Gasteiger partial charge in [-0.1, -0.05) is 29.8 Å². The first-order valence-electron chi connectivity index (χ1n) is 8.14. The number of ketones is 1. The Hall–Kier alpha value is -2.88. The minimum atomic E-state index is -0.346. The van der Waals surface area contributed by atoms with Gasteiger partial charge in [0.2, 0.25) is 0 Å². The number of ether oxygens (including phenoxy) is 1. The van der Waals surface area contributed by atoms with Crippen molar-refractivity contribution in [2.75, 3.05) is 6.61 Å². The summed E-state index contributed by atoms with van der Waals surface area (Å²) >= 11 is 0. The lowest BCUT2D eigenvalue weighted by Crippen LogP contribution is -2.12. The molecule has 1 aromatic heterocycles. The molecule has 0 bridgehead atoms. The average molecular weight is 336 g/mol. The van der Waals surface area contributed by atoms with Gasteiger partial charge >= 0.3 is 5.63 Å². The Morgan fingerprint density at radius 3 is 2.28 bits per heavy atom. The van der Waals surface area contributed by atoms with Gasteiger partial charge in [0.25, 0.3) is 0 Å². The first-order valence-corrected chi connectivity index (χ1v) is 8.14. The van der Waals surface area contributed by atoms with Crippen molar-refractivity contribution in [2.24, 2.45) is 0 Å². The minimum absolute atomic E-state index is 0.0650. The number of rotatable bonds is 4. The molecule has 0 unspecified atom stereocenters. The van der Waals surface area contributed by atoms with Crippen LogP contribution in [-0.4, -0.2) is 12.4 Å². The van der Waals surface area contributed by atoms with Crippen LogP contribution in [0, 0.1) is 27.7 Å². The molecule has 1 heterocycles. The van der Waals surface area contributed by atoms with Crippen LogP contribution in [0.2, 0.25) is 0 Å². The molecule has 25 heavy (non-hydrogen) atoms. The third-order valence-corrected chi connectivity index (χ3v) is 4.56. The molecule has 0 radical (unpaired) electrons. The van der Waals surface area contributed by atoms with Gasteiger partial charge in [-0.3, -0.25) is 4.79 Å². The van der Waals surface area contributed by atoms with Gasteiger partial charge in [-0.2, -0.15) is 0 Å². The van der Waals surface area contributed by atoms with Crippen LogP contribution in [0.4, 0.5) is 0 Å². The van der Waals surface area contributed by atoms with E-state index in [1.54, 1.807) is 19.1 Å². The second-order valence-corrected chi connectivity index (χ2v) is 6.28. The van der Waals surface area contributed by atoms with Crippen molar-refractivity contribution in [3.8, 4) is 5.75 Å². The maximum atomic E-state index is 12.3. The fraction of sp³-hybridized carbons (Fsp3) is 0.238. The lowest BCUT2D eigenvalue weighted by molar-refractivity contribution is 0.0921. The number of fused-ring (bicyclic) bond motifs is 1. The quantitative estimate of drug-likeness (QED) is 0.527. The molecular formula is C21H20O4. The van der Waals surface area contributed by atoms with Crippen LogP contribution >= 0.6 is 0 Å². The lowest BCUT2D eigenvalue weighted by atomic mass is 10.0. The monoisotopic (exact) mass is 336 g/mol. The van der Waals surface area contributed by atoms with Crippen LogP contribution in [0.3, 0.4) is 0 Å². The summed E-state index contributed by atoms with van der Waals surface area (Å²) in [7, 11) is 0. The van der Waals surface area contributed by atoms with E-state index < -0.39 is 0 Å². The zero-order chi connectivity index (χ0) is 18.1. The lowest BCUT2D eigenvalue weighted by Gasteiger charge is -2.12. The van der Waals surface area contributed by atoms with Gasteiger partial charge in [-0.05, 0) is 45.4 Å². The maximum Gasteiger partial charge on any atom is 0.339 e. The molecule has 3 aromatic rings. The van der Waals surface area contributed by atoms with Crippen LogP contribution in [0.5, 0.6) is 5.75 Å². The fourth-order valence-electron chi connectivity index (χ4n) is 2.75. The Bertz CT molecular complexity index is 1010. The average Bonchev–Trinajstić information content (AvgIpc) is 2.60. The highest BCUT2D eigenvalue weighted by atomic mass is 16.5. The first kappa shape index (κ1) is 17.0. The minimum Gasteiger partial charge on any atom is -0.485 e. The summed E-state index contributed by atoms with van der Waals surface area (Å²) < 4.78 is 11.1. The second-order valence-electron chi connectivity index (χ2n) is 6.28. The molecule has 3 rings (SSSR count). The van der Waals surface area contributed by atoms with Crippen molar-refractivity contribution in [3.63, 3.8) is 0 Å². The van der Waals surface area contributed by atoms with Crippen LogP contribution in [0.1, 0.15) is 32.6 Å². The van der Waals surface area contributed by atoms with E-state index in [4.69, 9.17) is 9.15 Å². The number of carbonyl (C=O) groups excluding carboxylic acids is 1. The smallest absolute Gasteiger partial charge is 0.339 e. The van der Waals surface area contributed by atoms with Gasteiger partial charge in [0.1, 0.15) is 11.3 Å². The Labute approximate surface area is 146 Å². The molecule has 0 aliphatic rings. The predicted molar refractivity (Wildman–Crippen MR) is 97.7 cm³/mol. The summed E-state index contributed by atoms with van der Waals surface area (Å²) in [5.74, 6) is 0.445. The molecule has 128 valence electrons. The summed E-state index contributed by atoms with van der Waals surface area (Å²) in [5, 5.41) is 0.881. The van der Waals surface area contributed by atoms with E-state index in [1.807, 2.05) is 45.0 Å². The molecule has 0 aliphatic carbocycles. The molecule has 0 aliphatic heterocycles. The molecule has 0 spiro atoms. The molecule has 4 nitrogen and oxygen atoms in total. The topological polar surface area (TPSA) is 56.5 Å². The highest BCUT2D eigenvalue weighted by Gasteiger charge is 2.14. The maximum absolute atomic E-state index is 12.3. The van der Waals surface area contributed by atoms with E-state index >= 15 is 0 Å². The molecule has 0 N–H and O–H groups in total. The van der Waals surface area contributed by atoms with E-state index in [2.05, 4.69) is 0 Å². The third-order valence-electron chi connectivity index (χ3n) is 4.56. The Kier molecular flexibility index (Phi) is 4.45. The van der Waals surface area contributed by atoms with Gasteiger partial charge in [0.15, 0.2) is 12.4 Å². The summed E-state index contributed by atoms with van der Waals surface area (Å²) in [6.07, 6.45) is 0. The van der Waals surface area contributed by atoms with Crippen LogP contribution in [0.25, 0.3) is 11.0 Å². The molecule has 2 aromatic carbocycles. The summed E-state index contributed by atoms with van der Waals surface area (Å²) in [4.78, 5) is 24.2. The van der Waals surface area contributed by atoms with E-state index in [9.17, 15) is 9.59 Å². The number of hydrogen-bond donors (Lipinski definition) is 0. The zero-order valence-corrected chi connectivity index (χ0v) is 14.8. The van der Waals surface area contributed by atoms with Crippen molar-refractivity contribution in [1.82, 2.24) is 0 Å². The van der Waals surface area contributed by atoms with Gasteiger partial charge < -0.3 is 9.15 Å². The van der Waals surface area contributed by atoms with Crippen molar-refractivity contribution >= 4 is 16.8 Å². The van der Waals surface area contributed by atoms with Gasteiger partial charge in [-0.15, -0.1) is 0 Å². The largest absolute Gasteiger partial charge is 0.485 e. The summed E-state index contributed by atoms with van der Waals surface area (Å²) in [6.45, 7) is 7.38. The van der Waals surface area contributed by atoms with Crippen molar-refractivity contribution in [3.05, 3.63) is 74.6 Å². The predicted octanol–water partition coefficient (Wildman–Crippen LogP) is 4.29. The highest BCUT2D eigenvalue weighted by Crippen LogP contribution is 2.29. The summed E-state index contributed by atoms with van der Waals surface area (Å²) in [6, 6.07) is 11.0. The molecule has 0 atom stereocenters. The zero-order valence-electron chi connectivity index (χ0n) is 14.8. The molecule has 0 fully saturated rings. The summed E-state index contributed by atoms with van der Waals surface area (Å²) in [5.41, 5.74) is 4.10. The van der Waals surface area contributed by atoms with Crippen LogP contribution < -0.4 is 10.4 Å². The molecule has 0 saturated heterocycles. The SMILES string of the molecule is Cc1ccc(C(=O)COc2ccc3c(C)c(C)c(=O)oc3c2C)cc1. The number of aryl methyl sites for hydroxylation is 3. The van der Waals surface area contributed by atoms with Crippen molar-refractivity contribution < 1.29 is 13.9 Å². The number of Topliss-reactive ketones (excluding diaryl/α,β-unsaturated/α-hetero) is 1. The van der Waals surface area contributed by atoms with Gasteiger partial charge in [-0.25, -0.2) is 4.79 Å². The normalized spacial score (nSPS) is 10.9. The highest BCUT2D eigenvalue weighted by molar-refractivity contribution is 5.97. The van der Waals surface area contributed by atoms with E-state index in [0.29, 0.717) is 22.5 Å². The number of carbonyl (C=O) groups is 1. The fourth-order valence-corrected chi connectivity index (χ4v) is 2.75. The van der Waals surface area contributed by atoms with E-state index in [0.717, 1.165) is 22.1 Å². The van der Waals surface area contributed by atoms with Crippen LogP contribution in [0.15, 0.2) is 45.6 Å². The number of benzene rings is 2. The third kappa shape index (κ3) is 3.20. The first-order chi connectivity index (χ1) is 11.9. The molecule has 4 heteroatoms. The van der Waals surface area contributed by atoms with E-state index in [1.165, 1.54) is 0 Å². The Morgan fingerprint density at radius 1 is 0.920 bits per heavy atom. The Balaban J connectivity index is 1.88. The standard InChI is InChI=1S/C21H20O4/c1-12-5-7-16(8-6-12)18(22)11-24-19-10-9-17-13(2)14(3)21(23)25-20(17)15(19)4/h5-10H,11H2,1-4H3. The van der Waals surface area contributed by atoms with E-state index in [-0.39, 0.29) is 18.0 Å². The Morgan fingerprint density at radius 2 is 1.60 bits per heavy atom. The van der Waals surface area contributed by atoms with Crippen molar-refractivity contribution in [2.45, 2.75) is 27.7 Å². The number of hydrogen-bond acceptors (Lipinski definition) is 4. The molecular weight excluding hydrogens is 316 g/mol. The second kappa shape index (κ2) is 6.55. The van der Waals surface area contributed by atoms with Gasteiger partial charge in [0.05, 0.1) is 0 Å². The molecule has 0 saturated carbocycles. The molecule has 0 amide bonds. The van der Waals surface area contributed by atoms with Gasteiger partial charge in [0, 0.05) is 22.1 Å². The van der Waals surface area contributed by atoms with Crippen molar-refractivity contribution in [1.29, 1.82) is 0 Å². The van der Waals surface area contributed by atoms with Crippen LogP contribution in [-0.2, 0) is 0 Å².